The molecule has 1 aliphatic heterocycles. The van der Waals surface area contributed by atoms with Gasteiger partial charge in [0, 0.05) is 16.8 Å². The van der Waals surface area contributed by atoms with Crippen LogP contribution in [0.3, 0.4) is 0 Å². The summed E-state index contributed by atoms with van der Waals surface area (Å²) in [6.45, 7) is 3.09. The summed E-state index contributed by atoms with van der Waals surface area (Å²) in [5, 5.41) is 5.09. The molecule has 34 heavy (non-hydrogen) atoms. The molecule has 0 radical (unpaired) electrons. The first-order valence-electron chi connectivity index (χ1n) is 10.0. The van der Waals surface area contributed by atoms with Gasteiger partial charge in [0.05, 0.1) is 36.2 Å². The molecule has 0 saturated carbocycles. The highest BCUT2D eigenvalue weighted by molar-refractivity contribution is 6.30. The van der Waals surface area contributed by atoms with E-state index in [0.717, 1.165) is 28.2 Å². The van der Waals surface area contributed by atoms with Crippen molar-refractivity contribution in [1.29, 1.82) is 0 Å². The minimum atomic E-state index is -4.75. The first kappa shape index (κ1) is 25.1. The summed E-state index contributed by atoms with van der Waals surface area (Å²) < 4.78 is 44.8. The van der Waals surface area contributed by atoms with Gasteiger partial charge in [0.1, 0.15) is 6.54 Å². The van der Waals surface area contributed by atoms with Crippen molar-refractivity contribution in [2.45, 2.75) is 26.4 Å². The molecule has 2 amide bonds. The lowest BCUT2D eigenvalue weighted by atomic mass is 10.1. The third-order valence-corrected chi connectivity index (χ3v) is 5.42. The Hall–Kier alpha value is -3.53. The Balaban J connectivity index is 1.94. The van der Waals surface area contributed by atoms with Crippen molar-refractivity contribution in [3.63, 3.8) is 0 Å². The average molecular weight is 496 g/mol. The number of carbonyl (C=O) groups is 3. The number of carbonyl (C=O) groups excluding carboxylic acids is 3. The summed E-state index contributed by atoms with van der Waals surface area (Å²) in [5.41, 5.74) is 1.17. The van der Waals surface area contributed by atoms with E-state index in [1.165, 1.54) is 13.2 Å². The zero-order chi connectivity index (χ0) is 25.2. The van der Waals surface area contributed by atoms with Gasteiger partial charge in [-0.3, -0.25) is 19.3 Å². The fourth-order valence-electron chi connectivity index (χ4n) is 3.36. The molecule has 0 saturated heterocycles. The van der Waals surface area contributed by atoms with Crippen LogP contribution < -0.4 is 15.5 Å². The van der Waals surface area contributed by atoms with Crippen LogP contribution in [-0.2, 0) is 25.3 Å². The maximum Gasteiger partial charge on any atom is 0.418 e. The van der Waals surface area contributed by atoms with Crippen LogP contribution in [0.15, 0.2) is 42.1 Å². The third-order valence-electron chi connectivity index (χ3n) is 5.19. The van der Waals surface area contributed by atoms with Crippen LogP contribution in [-0.4, -0.2) is 31.4 Å². The van der Waals surface area contributed by atoms with Crippen molar-refractivity contribution in [1.82, 2.24) is 0 Å². The van der Waals surface area contributed by atoms with Crippen molar-refractivity contribution in [2.75, 3.05) is 29.2 Å². The number of alkyl halides is 3. The Bertz CT molecular complexity index is 1190. The molecule has 0 aliphatic carbocycles. The largest absolute Gasteiger partial charge is 0.469 e. The van der Waals surface area contributed by atoms with E-state index >= 15 is 0 Å². The zero-order valence-electron chi connectivity index (χ0n) is 18.5. The Morgan fingerprint density at radius 2 is 1.82 bits per heavy atom. The van der Waals surface area contributed by atoms with E-state index in [1.54, 1.807) is 12.1 Å². The van der Waals surface area contributed by atoms with Gasteiger partial charge >= 0.3 is 12.1 Å². The van der Waals surface area contributed by atoms with Gasteiger partial charge in [-0.05, 0) is 55.3 Å². The number of methoxy groups -OCH3 is 1. The number of esters is 1. The number of hydrogen-bond acceptors (Lipinski definition) is 5. The summed E-state index contributed by atoms with van der Waals surface area (Å²) in [6, 6.07) is 6.41. The van der Waals surface area contributed by atoms with Gasteiger partial charge < -0.3 is 15.4 Å². The Morgan fingerprint density at radius 1 is 1.15 bits per heavy atom. The molecular weight excluding hydrogens is 475 g/mol. The van der Waals surface area contributed by atoms with Crippen molar-refractivity contribution in [2.24, 2.45) is 0 Å². The standard InChI is InChI=1S/C23H21ClF3N3O4/c1-12-6-18-19(7-13(12)2)30(21(32)9-15(28-18)10-22(33)34-3)11-20(31)29-17-5-4-14(24)8-16(17)23(25,26)27/h4-9,28H,10-11H2,1-3H3,(H,29,31). The number of aryl methyl sites for hydroxylation is 2. The first-order chi connectivity index (χ1) is 15.9. The van der Waals surface area contributed by atoms with Crippen molar-refractivity contribution in [3.05, 3.63) is 63.8 Å². The third kappa shape index (κ3) is 5.69. The molecule has 2 aromatic carbocycles. The molecule has 0 atom stereocenters. The molecule has 2 N–H and O–H groups in total. The number of benzene rings is 2. The lowest BCUT2D eigenvalue weighted by molar-refractivity contribution is -0.140. The topological polar surface area (TPSA) is 87.7 Å². The number of fused-ring (bicyclic) bond motifs is 1. The number of anilines is 3. The van der Waals surface area contributed by atoms with Crippen LogP contribution in [0.2, 0.25) is 5.02 Å². The fraction of sp³-hybridized carbons (Fsp3) is 0.261. The van der Waals surface area contributed by atoms with Crippen molar-refractivity contribution < 1.29 is 32.3 Å². The van der Waals surface area contributed by atoms with Gasteiger partial charge in [0.2, 0.25) is 5.91 Å². The smallest absolute Gasteiger partial charge is 0.418 e. The lowest BCUT2D eigenvalue weighted by Gasteiger charge is -2.23. The molecule has 2 aromatic rings. The fourth-order valence-corrected chi connectivity index (χ4v) is 3.53. The minimum Gasteiger partial charge on any atom is -0.469 e. The monoisotopic (exact) mass is 495 g/mol. The van der Waals surface area contributed by atoms with Crippen LogP contribution >= 0.6 is 11.6 Å². The first-order valence-corrected chi connectivity index (χ1v) is 10.4. The van der Waals surface area contributed by atoms with Crippen LogP contribution in [0.25, 0.3) is 0 Å². The zero-order valence-corrected chi connectivity index (χ0v) is 19.2. The van der Waals surface area contributed by atoms with Crippen LogP contribution in [0, 0.1) is 13.8 Å². The van der Waals surface area contributed by atoms with Crippen LogP contribution in [0.1, 0.15) is 23.1 Å². The lowest BCUT2D eigenvalue weighted by Crippen LogP contribution is -2.37. The maximum atomic E-state index is 13.4. The van der Waals surface area contributed by atoms with E-state index < -0.39 is 41.8 Å². The van der Waals surface area contributed by atoms with Crippen LogP contribution in [0.4, 0.5) is 30.2 Å². The molecular formula is C23H21ClF3N3O4. The quantitative estimate of drug-likeness (QED) is 0.581. The maximum absolute atomic E-state index is 13.4. The van der Waals surface area contributed by atoms with E-state index in [0.29, 0.717) is 17.4 Å². The van der Waals surface area contributed by atoms with E-state index in [4.69, 9.17) is 11.6 Å². The Kier molecular flexibility index (Phi) is 7.21. The predicted octanol–water partition coefficient (Wildman–Crippen LogP) is 4.82. The number of halogens is 4. The minimum absolute atomic E-state index is 0.137. The van der Waals surface area contributed by atoms with Crippen molar-refractivity contribution >= 4 is 46.4 Å². The van der Waals surface area contributed by atoms with Gasteiger partial charge in [0.25, 0.3) is 5.91 Å². The highest BCUT2D eigenvalue weighted by atomic mass is 35.5. The van der Waals surface area contributed by atoms with Gasteiger partial charge in [-0.1, -0.05) is 11.6 Å². The second-order valence-corrected chi connectivity index (χ2v) is 8.10. The SMILES string of the molecule is COC(=O)CC1=CC(=O)N(CC(=O)Nc2ccc(Cl)cc2C(F)(F)F)c2cc(C)c(C)cc2N1. The van der Waals surface area contributed by atoms with Gasteiger partial charge in [0.15, 0.2) is 0 Å². The molecule has 7 nitrogen and oxygen atoms in total. The van der Waals surface area contributed by atoms with Gasteiger partial charge in [-0.2, -0.15) is 13.2 Å². The summed E-state index contributed by atoms with van der Waals surface area (Å²) >= 11 is 5.68. The summed E-state index contributed by atoms with van der Waals surface area (Å²) in [5.74, 6) is -2.06. The Morgan fingerprint density at radius 3 is 2.47 bits per heavy atom. The number of ether oxygens (including phenoxy) is 1. The summed E-state index contributed by atoms with van der Waals surface area (Å²) in [4.78, 5) is 38.6. The number of amides is 2. The molecule has 180 valence electrons. The van der Waals surface area contributed by atoms with Crippen LogP contribution in [0.5, 0.6) is 0 Å². The second-order valence-electron chi connectivity index (χ2n) is 7.66. The molecule has 1 aliphatic rings. The molecule has 0 fully saturated rings. The molecule has 0 spiro atoms. The molecule has 3 rings (SSSR count). The van der Waals surface area contributed by atoms with E-state index in [2.05, 4.69) is 15.4 Å². The van der Waals surface area contributed by atoms with Gasteiger partial charge in [-0.25, -0.2) is 0 Å². The molecule has 0 unspecified atom stereocenters. The normalized spacial score (nSPS) is 13.4. The van der Waals surface area contributed by atoms with Crippen molar-refractivity contribution in [3.8, 4) is 0 Å². The van der Waals surface area contributed by atoms with Gasteiger partial charge in [-0.15, -0.1) is 0 Å². The van der Waals surface area contributed by atoms with E-state index in [-0.39, 0.29) is 17.1 Å². The summed E-state index contributed by atoms with van der Waals surface area (Å²) in [7, 11) is 1.21. The molecule has 1 heterocycles. The average Bonchev–Trinajstić information content (AvgIpc) is 2.85. The number of hydrogen-bond donors (Lipinski definition) is 2. The second kappa shape index (κ2) is 9.76. The number of rotatable bonds is 5. The molecule has 0 bridgehead atoms. The highest BCUT2D eigenvalue weighted by Gasteiger charge is 2.34. The predicted molar refractivity (Wildman–Crippen MR) is 122 cm³/mol. The summed E-state index contributed by atoms with van der Waals surface area (Å²) in [6.07, 6.45) is -3.81. The highest BCUT2D eigenvalue weighted by Crippen LogP contribution is 2.37. The number of nitrogens with zero attached hydrogens (tertiary/aromatic N) is 1. The van der Waals surface area contributed by atoms with E-state index in [9.17, 15) is 27.6 Å². The molecule has 11 heteroatoms. The molecule has 0 aromatic heterocycles. The van der Waals surface area contributed by atoms with E-state index in [1.807, 2.05) is 13.8 Å². The Labute approximate surface area is 198 Å². The number of nitrogens with one attached hydrogen (secondary N) is 2.